The summed E-state index contributed by atoms with van der Waals surface area (Å²) in [6, 6.07) is 0. The van der Waals surface area contributed by atoms with Crippen LogP contribution in [0.25, 0.3) is 0 Å². The van der Waals surface area contributed by atoms with E-state index in [2.05, 4.69) is 5.32 Å². The lowest BCUT2D eigenvalue weighted by molar-refractivity contribution is -0.107. The molecule has 0 saturated heterocycles. The standard InChI is InChI=1S/C6H13NO/c1-6(2,3)7-4-5-8/h5,7H,4H2,1-3H3/i5D. The molecule has 0 amide bonds. The molecule has 0 aliphatic heterocycles. The summed E-state index contributed by atoms with van der Waals surface area (Å²) >= 11 is 0. The Labute approximate surface area is 51.7 Å². The van der Waals surface area contributed by atoms with Gasteiger partial charge in [-0.3, -0.25) is 0 Å². The number of carbonyl (C=O) groups excluding carboxylic acids is 1. The van der Waals surface area contributed by atoms with Crippen molar-refractivity contribution in [3.63, 3.8) is 0 Å². The Bertz CT molecular complexity index is 106. The Balaban J connectivity index is 3.39. The lowest BCUT2D eigenvalue weighted by Crippen LogP contribution is -2.36. The second-order valence-electron chi connectivity index (χ2n) is 2.75. The van der Waals surface area contributed by atoms with Crippen LogP contribution in [0.1, 0.15) is 22.1 Å². The van der Waals surface area contributed by atoms with Crippen LogP contribution in [0.5, 0.6) is 0 Å². The quantitative estimate of drug-likeness (QED) is 0.534. The third kappa shape index (κ3) is 5.63. The highest BCUT2D eigenvalue weighted by atomic mass is 16.1. The molecule has 0 rings (SSSR count). The molecule has 0 aliphatic carbocycles. The van der Waals surface area contributed by atoms with E-state index in [4.69, 9.17) is 1.37 Å². The van der Waals surface area contributed by atoms with Gasteiger partial charge in [0.05, 0.1) is 6.54 Å². The van der Waals surface area contributed by atoms with Crippen LogP contribution in [0, 0.1) is 0 Å². The molecule has 0 bridgehead atoms. The van der Waals surface area contributed by atoms with Crippen molar-refractivity contribution in [1.82, 2.24) is 5.32 Å². The first-order valence-electron chi connectivity index (χ1n) is 3.16. The number of aldehydes is 1. The van der Waals surface area contributed by atoms with Crippen molar-refractivity contribution >= 4 is 6.26 Å². The molecule has 0 aromatic rings. The van der Waals surface area contributed by atoms with Crippen molar-refractivity contribution in [2.24, 2.45) is 0 Å². The molecule has 0 saturated carbocycles. The number of hydrogen-bond acceptors (Lipinski definition) is 2. The van der Waals surface area contributed by atoms with Crippen LogP contribution in [0.3, 0.4) is 0 Å². The predicted molar refractivity (Wildman–Crippen MR) is 33.8 cm³/mol. The molecule has 0 unspecified atom stereocenters. The molecule has 2 nitrogen and oxygen atoms in total. The lowest BCUT2D eigenvalue weighted by Gasteiger charge is -2.17. The van der Waals surface area contributed by atoms with Crippen LogP contribution >= 0.6 is 0 Å². The largest absolute Gasteiger partial charge is 0.306 e. The van der Waals surface area contributed by atoms with Crippen molar-refractivity contribution in [1.29, 1.82) is 0 Å². The van der Waals surface area contributed by atoms with E-state index in [-0.39, 0.29) is 12.1 Å². The Kier molecular flexibility index (Phi) is 2.03. The van der Waals surface area contributed by atoms with E-state index in [1.807, 2.05) is 20.8 Å². The van der Waals surface area contributed by atoms with E-state index in [0.29, 0.717) is 0 Å². The molecule has 2 heteroatoms. The van der Waals surface area contributed by atoms with Crippen LogP contribution in [0.4, 0.5) is 0 Å². The van der Waals surface area contributed by atoms with Gasteiger partial charge < -0.3 is 10.1 Å². The third-order valence-corrected chi connectivity index (χ3v) is 0.691. The van der Waals surface area contributed by atoms with Crippen molar-refractivity contribution < 1.29 is 6.17 Å². The minimum atomic E-state index is -0.565. The topological polar surface area (TPSA) is 29.1 Å². The number of nitrogens with one attached hydrogen (secondary N) is 1. The minimum absolute atomic E-state index is 0.0588. The molecule has 48 valence electrons. The van der Waals surface area contributed by atoms with E-state index in [1.165, 1.54) is 0 Å². The smallest absolute Gasteiger partial charge is 0.133 e. The average Bonchev–Trinajstić information content (AvgIpc) is 1.59. The summed E-state index contributed by atoms with van der Waals surface area (Å²) in [6.45, 7) is 6.01. The molecule has 0 atom stereocenters. The van der Waals surface area contributed by atoms with Gasteiger partial charge in [-0.1, -0.05) is 0 Å². The fourth-order valence-corrected chi connectivity index (χ4v) is 0.301. The Morgan fingerprint density at radius 1 is 1.75 bits per heavy atom. The molecule has 0 aliphatic rings. The van der Waals surface area contributed by atoms with Crippen LogP contribution in [0.15, 0.2) is 0 Å². The van der Waals surface area contributed by atoms with Crippen molar-refractivity contribution in [3.05, 3.63) is 0 Å². The molecule has 0 aromatic heterocycles. The molecule has 0 radical (unpaired) electrons. The van der Waals surface area contributed by atoms with Crippen LogP contribution in [-0.4, -0.2) is 18.3 Å². The summed E-state index contributed by atoms with van der Waals surface area (Å²) in [4.78, 5) is 10.1. The maximum atomic E-state index is 10.1. The first-order valence-corrected chi connectivity index (χ1v) is 2.66. The van der Waals surface area contributed by atoms with Gasteiger partial charge in [0, 0.05) is 5.54 Å². The molecule has 0 spiro atoms. The Morgan fingerprint density at radius 2 is 2.25 bits per heavy atom. The monoisotopic (exact) mass is 116 g/mol. The summed E-state index contributed by atoms with van der Waals surface area (Å²) < 4.78 is 6.56. The van der Waals surface area contributed by atoms with Crippen molar-refractivity contribution in [3.8, 4) is 0 Å². The van der Waals surface area contributed by atoms with Gasteiger partial charge in [-0.15, -0.1) is 0 Å². The van der Waals surface area contributed by atoms with Gasteiger partial charge in [0.2, 0.25) is 0 Å². The van der Waals surface area contributed by atoms with Gasteiger partial charge in [-0.05, 0) is 20.8 Å². The van der Waals surface area contributed by atoms with Crippen LogP contribution in [0.2, 0.25) is 0 Å². The maximum absolute atomic E-state index is 10.1. The van der Waals surface area contributed by atoms with Gasteiger partial charge in [0.25, 0.3) is 0 Å². The summed E-state index contributed by atoms with van der Waals surface area (Å²) in [6.07, 6.45) is -0.565. The predicted octanol–water partition coefficient (Wildman–Crippen LogP) is 0.573. The molecule has 0 fully saturated rings. The second kappa shape index (κ2) is 2.82. The van der Waals surface area contributed by atoms with Gasteiger partial charge in [0.1, 0.15) is 7.63 Å². The molecule has 0 heterocycles. The van der Waals surface area contributed by atoms with Crippen molar-refractivity contribution in [2.75, 3.05) is 6.54 Å². The summed E-state index contributed by atoms with van der Waals surface area (Å²) in [7, 11) is 0. The van der Waals surface area contributed by atoms with E-state index < -0.39 is 6.26 Å². The molecule has 8 heavy (non-hydrogen) atoms. The highest BCUT2D eigenvalue weighted by molar-refractivity contribution is 5.51. The highest BCUT2D eigenvalue weighted by Gasteiger charge is 2.05. The molecule has 1 N–H and O–H groups in total. The number of hydrogen-bond donors (Lipinski definition) is 1. The average molecular weight is 116 g/mol. The SMILES string of the molecule is [2H]C(=O)CNC(C)(C)C. The lowest BCUT2D eigenvalue weighted by atomic mass is 10.1. The molecular weight excluding hydrogens is 102 g/mol. The van der Waals surface area contributed by atoms with Crippen molar-refractivity contribution in [2.45, 2.75) is 26.3 Å². The Hall–Kier alpha value is -0.370. The second-order valence-corrected chi connectivity index (χ2v) is 2.75. The third-order valence-electron chi connectivity index (χ3n) is 0.691. The van der Waals surface area contributed by atoms with Gasteiger partial charge in [-0.25, -0.2) is 0 Å². The fraction of sp³-hybridized carbons (Fsp3) is 0.833. The highest BCUT2D eigenvalue weighted by Crippen LogP contribution is 1.95. The molecular formula is C6H13NO. The van der Waals surface area contributed by atoms with Crippen LogP contribution < -0.4 is 5.32 Å². The molecule has 0 aromatic carbocycles. The zero-order valence-corrected chi connectivity index (χ0v) is 5.62. The van der Waals surface area contributed by atoms with E-state index in [0.717, 1.165) is 0 Å². The van der Waals surface area contributed by atoms with E-state index in [1.54, 1.807) is 0 Å². The summed E-state index contributed by atoms with van der Waals surface area (Å²) in [5.74, 6) is 0. The zero-order chi connectivity index (χ0) is 7.49. The van der Waals surface area contributed by atoms with E-state index in [9.17, 15) is 4.79 Å². The zero-order valence-electron chi connectivity index (χ0n) is 6.62. The van der Waals surface area contributed by atoms with E-state index >= 15 is 0 Å². The maximum Gasteiger partial charge on any atom is 0.133 e. The summed E-state index contributed by atoms with van der Waals surface area (Å²) in [5.41, 5.74) is -0.0588. The Morgan fingerprint density at radius 3 is 2.38 bits per heavy atom. The van der Waals surface area contributed by atoms with Gasteiger partial charge in [-0.2, -0.15) is 0 Å². The van der Waals surface area contributed by atoms with Crippen LogP contribution in [-0.2, 0) is 4.79 Å². The number of carbonyl (C=O) groups is 1. The number of rotatable bonds is 2. The minimum Gasteiger partial charge on any atom is -0.306 e. The van der Waals surface area contributed by atoms with Gasteiger partial charge in [0.15, 0.2) is 0 Å². The summed E-state index contributed by atoms with van der Waals surface area (Å²) in [5, 5.41) is 2.88. The first-order chi connectivity index (χ1) is 3.92. The normalized spacial score (nSPS) is 13.1. The van der Waals surface area contributed by atoms with Gasteiger partial charge >= 0.3 is 0 Å². The fourth-order valence-electron chi connectivity index (χ4n) is 0.301. The first kappa shape index (κ1) is 5.76.